The lowest BCUT2D eigenvalue weighted by Gasteiger charge is -2.55. The highest BCUT2D eigenvalue weighted by Gasteiger charge is 2.53. The van der Waals surface area contributed by atoms with Crippen molar-refractivity contribution in [3.8, 4) is 0 Å². The summed E-state index contributed by atoms with van der Waals surface area (Å²) in [7, 11) is 0. The van der Waals surface area contributed by atoms with Gasteiger partial charge in [0.25, 0.3) is 5.91 Å². The zero-order valence-corrected chi connectivity index (χ0v) is 15.5. The van der Waals surface area contributed by atoms with Crippen LogP contribution in [-0.2, 0) is 12.0 Å². The number of amides is 1. The summed E-state index contributed by atoms with van der Waals surface area (Å²) in [5.74, 6) is 4.46. The second-order valence-electron chi connectivity index (χ2n) is 8.95. The molecule has 0 spiro atoms. The maximum atomic E-state index is 12.7. The highest BCUT2D eigenvalue weighted by atomic mass is 16.3. The Morgan fingerprint density at radius 3 is 2.31 bits per heavy atom. The molecule has 0 radical (unpaired) electrons. The van der Waals surface area contributed by atoms with Crippen LogP contribution in [0.25, 0.3) is 0 Å². The van der Waals surface area contributed by atoms with E-state index in [0.29, 0.717) is 12.1 Å². The zero-order chi connectivity index (χ0) is 17.7. The van der Waals surface area contributed by atoms with Gasteiger partial charge in [-0.1, -0.05) is 30.3 Å². The Bertz CT molecular complexity index is 785. The monoisotopic (exact) mass is 349 g/mol. The maximum Gasteiger partial charge on any atom is 0.255 e. The molecule has 1 aromatic heterocycles. The molecule has 4 aliphatic rings. The van der Waals surface area contributed by atoms with Gasteiger partial charge in [-0.15, -0.1) is 0 Å². The van der Waals surface area contributed by atoms with Gasteiger partial charge in [0.2, 0.25) is 0 Å². The van der Waals surface area contributed by atoms with Gasteiger partial charge in [0.15, 0.2) is 0 Å². The van der Waals surface area contributed by atoms with E-state index in [-0.39, 0.29) is 11.3 Å². The summed E-state index contributed by atoms with van der Waals surface area (Å²) in [6.45, 7) is 2.48. The molecule has 4 saturated carbocycles. The summed E-state index contributed by atoms with van der Waals surface area (Å²) in [6, 6.07) is 12.1. The molecule has 2 aromatic rings. The quantitative estimate of drug-likeness (QED) is 0.845. The number of furan rings is 1. The lowest BCUT2D eigenvalue weighted by Crippen LogP contribution is -2.48. The molecule has 6 rings (SSSR count). The van der Waals surface area contributed by atoms with Crippen molar-refractivity contribution in [1.82, 2.24) is 5.32 Å². The molecule has 0 unspecified atom stereocenters. The second-order valence-corrected chi connectivity index (χ2v) is 8.95. The minimum absolute atomic E-state index is 0.0221. The molecule has 0 atom stereocenters. The summed E-state index contributed by atoms with van der Waals surface area (Å²) in [4.78, 5) is 12.7. The first kappa shape index (κ1) is 16.2. The molecule has 136 valence electrons. The van der Waals surface area contributed by atoms with Crippen LogP contribution in [0.5, 0.6) is 0 Å². The van der Waals surface area contributed by atoms with Crippen LogP contribution in [0.4, 0.5) is 0 Å². The lowest BCUT2D eigenvalue weighted by molar-refractivity contribution is -0.0154. The highest BCUT2D eigenvalue weighted by Crippen LogP contribution is 2.61. The van der Waals surface area contributed by atoms with E-state index in [0.717, 1.165) is 34.8 Å². The van der Waals surface area contributed by atoms with Gasteiger partial charge in [-0.25, -0.2) is 0 Å². The molecule has 0 aliphatic heterocycles. The van der Waals surface area contributed by atoms with E-state index in [1.54, 1.807) is 0 Å². The van der Waals surface area contributed by atoms with Gasteiger partial charge in [-0.2, -0.15) is 0 Å². The van der Waals surface area contributed by atoms with Crippen LogP contribution in [0.2, 0.25) is 0 Å². The summed E-state index contributed by atoms with van der Waals surface area (Å²) >= 11 is 0. The van der Waals surface area contributed by atoms with Crippen LogP contribution in [0.15, 0.2) is 40.8 Å². The van der Waals surface area contributed by atoms with Gasteiger partial charge < -0.3 is 9.73 Å². The lowest BCUT2D eigenvalue weighted by atomic mass is 9.49. The molecule has 3 nitrogen and oxygen atoms in total. The number of carbonyl (C=O) groups excluding carboxylic acids is 1. The van der Waals surface area contributed by atoms with Crippen LogP contribution in [0.3, 0.4) is 0 Å². The number of hydrogen-bond acceptors (Lipinski definition) is 2. The van der Waals surface area contributed by atoms with E-state index in [2.05, 4.69) is 11.4 Å². The van der Waals surface area contributed by atoms with E-state index in [1.807, 2.05) is 37.3 Å². The van der Waals surface area contributed by atoms with E-state index in [4.69, 9.17) is 4.42 Å². The number of aryl methyl sites for hydroxylation is 1. The van der Waals surface area contributed by atoms with E-state index in [9.17, 15) is 4.79 Å². The summed E-state index contributed by atoms with van der Waals surface area (Å²) in [5.41, 5.74) is 2.03. The van der Waals surface area contributed by atoms with Gasteiger partial charge in [-0.05, 0) is 74.8 Å². The summed E-state index contributed by atoms with van der Waals surface area (Å²) < 4.78 is 6.21. The minimum atomic E-state index is -0.0221. The Morgan fingerprint density at radius 2 is 1.69 bits per heavy atom. The van der Waals surface area contributed by atoms with Crippen LogP contribution in [0, 0.1) is 24.7 Å². The molecular formula is C23H27NO2. The third-order valence-corrected chi connectivity index (χ3v) is 7.02. The number of hydrogen-bond donors (Lipinski definition) is 1. The minimum Gasteiger partial charge on any atom is -0.465 e. The smallest absolute Gasteiger partial charge is 0.255 e. The fraction of sp³-hybridized carbons (Fsp3) is 0.522. The molecule has 4 bridgehead atoms. The molecule has 1 amide bonds. The van der Waals surface area contributed by atoms with Crippen molar-refractivity contribution in [3.05, 3.63) is 59.0 Å². The third-order valence-electron chi connectivity index (χ3n) is 7.02. The predicted octanol–water partition coefficient (Wildman–Crippen LogP) is 4.99. The maximum absolute atomic E-state index is 12.7. The largest absolute Gasteiger partial charge is 0.465 e. The van der Waals surface area contributed by atoms with Crippen LogP contribution in [-0.4, -0.2) is 5.91 Å². The van der Waals surface area contributed by atoms with E-state index < -0.39 is 0 Å². The standard InChI is InChI=1S/C23H27NO2/c1-15-20(22(25)24-14-16-5-3-2-4-6-16)10-21(26-15)23-11-17-7-18(12-23)9-19(8-17)13-23/h2-6,10,17-19H,7-9,11-14H2,1H3,(H,24,25). The predicted molar refractivity (Wildman–Crippen MR) is 101 cm³/mol. The van der Waals surface area contributed by atoms with Crippen molar-refractivity contribution < 1.29 is 9.21 Å². The van der Waals surface area contributed by atoms with Gasteiger partial charge in [0.1, 0.15) is 11.5 Å². The van der Waals surface area contributed by atoms with Crippen LogP contribution in [0.1, 0.15) is 66.0 Å². The van der Waals surface area contributed by atoms with Gasteiger partial charge >= 0.3 is 0 Å². The van der Waals surface area contributed by atoms with Crippen molar-refractivity contribution in [3.63, 3.8) is 0 Å². The third kappa shape index (κ3) is 2.69. The fourth-order valence-corrected chi connectivity index (χ4v) is 6.25. The van der Waals surface area contributed by atoms with E-state index in [1.165, 1.54) is 38.5 Å². The normalized spacial score (nSPS) is 32.0. The van der Waals surface area contributed by atoms with E-state index >= 15 is 0 Å². The molecule has 3 heteroatoms. The van der Waals surface area contributed by atoms with Gasteiger partial charge in [0, 0.05) is 12.0 Å². The van der Waals surface area contributed by atoms with Crippen molar-refractivity contribution in [2.45, 2.75) is 57.4 Å². The number of carbonyl (C=O) groups is 1. The topological polar surface area (TPSA) is 42.2 Å². The molecule has 1 heterocycles. The summed E-state index contributed by atoms with van der Waals surface area (Å²) in [5, 5.41) is 3.04. The SMILES string of the molecule is Cc1oc(C23CC4CC(CC(C4)C2)C3)cc1C(=O)NCc1ccccc1. The molecule has 26 heavy (non-hydrogen) atoms. The van der Waals surface area contributed by atoms with Crippen molar-refractivity contribution in [2.75, 3.05) is 0 Å². The molecule has 4 fully saturated rings. The average molecular weight is 349 g/mol. The van der Waals surface area contributed by atoms with Crippen LogP contribution >= 0.6 is 0 Å². The Labute approximate surface area is 155 Å². The first-order valence-electron chi connectivity index (χ1n) is 10.0. The Balaban J connectivity index is 1.36. The molecular weight excluding hydrogens is 322 g/mol. The number of benzene rings is 1. The van der Waals surface area contributed by atoms with Crippen molar-refractivity contribution >= 4 is 5.91 Å². The Morgan fingerprint density at radius 1 is 1.08 bits per heavy atom. The Hall–Kier alpha value is -2.03. The zero-order valence-electron chi connectivity index (χ0n) is 15.5. The number of nitrogens with one attached hydrogen (secondary N) is 1. The second kappa shape index (κ2) is 6.00. The van der Waals surface area contributed by atoms with Crippen molar-refractivity contribution in [1.29, 1.82) is 0 Å². The molecule has 1 N–H and O–H groups in total. The fourth-order valence-electron chi connectivity index (χ4n) is 6.25. The average Bonchev–Trinajstić information content (AvgIpc) is 3.02. The summed E-state index contributed by atoms with van der Waals surface area (Å²) in [6.07, 6.45) is 8.04. The Kier molecular flexibility index (Phi) is 3.73. The molecule has 0 saturated heterocycles. The number of rotatable bonds is 4. The first-order valence-corrected chi connectivity index (χ1v) is 10.0. The van der Waals surface area contributed by atoms with Crippen LogP contribution < -0.4 is 5.32 Å². The van der Waals surface area contributed by atoms with Crippen molar-refractivity contribution in [2.24, 2.45) is 17.8 Å². The van der Waals surface area contributed by atoms with Gasteiger partial charge in [-0.3, -0.25) is 4.79 Å². The first-order chi connectivity index (χ1) is 12.6. The highest BCUT2D eigenvalue weighted by molar-refractivity contribution is 5.95. The molecule has 4 aliphatic carbocycles. The molecule has 1 aromatic carbocycles. The van der Waals surface area contributed by atoms with Gasteiger partial charge in [0.05, 0.1) is 5.56 Å².